The predicted octanol–water partition coefficient (Wildman–Crippen LogP) is 3.67. The molecule has 0 saturated heterocycles. The van der Waals surface area contributed by atoms with Crippen molar-refractivity contribution < 1.29 is 9.53 Å². The number of nitrogens with zero attached hydrogens (tertiary/aromatic N) is 2. The number of carbonyl (C=O) groups excluding carboxylic acids is 1. The highest BCUT2D eigenvalue weighted by Gasteiger charge is 2.09. The highest BCUT2D eigenvalue weighted by Crippen LogP contribution is 2.23. The van der Waals surface area contributed by atoms with Crippen molar-refractivity contribution in [3.8, 4) is 5.75 Å². The lowest BCUT2D eigenvalue weighted by molar-refractivity contribution is -0.123. The maximum absolute atomic E-state index is 11.9. The molecule has 25 heavy (non-hydrogen) atoms. The molecule has 0 fully saturated rings. The van der Waals surface area contributed by atoms with Crippen LogP contribution in [0.3, 0.4) is 0 Å². The van der Waals surface area contributed by atoms with E-state index in [9.17, 15) is 4.79 Å². The van der Waals surface area contributed by atoms with Crippen LogP contribution in [0.1, 0.15) is 11.3 Å². The molecule has 0 aliphatic carbocycles. The summed E-state index contributed by atoms with van der Waals surface area (Å²) in [4.78, 5) is 11.9. The van der Waals surface area contributed by atoms with Crippen molar-refractivity contribution in [1.82, 2.24) is 9.99 Å². The molecular formula is C19H18ClN3O2. The van der Waals surface area contributed by atoms with E-state index in [-0.39, 0.29) is 12.5 Å². The molecule has 0 aliphatic rings. The highest BCUT2D eigenvalue weighted by molar-refractivity contribution is 6.32. The topological polar surface area (TPSA) is 55.6 Å². The summed E-state index contributed by atoms with van der Waals surface area (Å²) in [6, 6.07) is 15.1. The number of para-hydroxylation sites is 2. The van der Waals surface area contributed by atoms with Crippen molar-refractivity contribution in [3.63, 3.8) is 0 Å². The molecule has 128 valence electrons. The third-order valence-corrected chi connectivity index (χ3v) is 4.34. The van der Waals surface area contributed by atoms with E-state index in [4.69, 9.17) is 16.3 Å². The van der Waals surface area contributed by atoms with E-state index in [1.54, 1.807) is 30.5 Å². The minimum absolute atomic E-state index is 0.157. The third-order valence-electron chi connectivity index (χ3n) is 4.03. The van der Waals surface area contributed by atoms with E-state index in [2.05, 4.69) is 21.2 Å². The minimum atomic E-state index is -0.353. The Hall–Kier alpha value is -2.79. The van der Waals surface area contributed by atoms with Crippen LogP contribution in [-0.4, -0.2) is 23.3 Å². The van der Waals surface area contributed by atoms with Gasteiger partial charge >= 0.3 is 0 Å². The third kappa shape index (κ3) is 3.67. The van der Waals surface area contributed by atoms with E-state index in [0.29, 0.717) is 10.8 Å². The van der Waals surface area contributed by atoms with Crippen LogP contribution in [0.2, 0.25) is 5.02 Å². The van der Waals surface area contributed by atoms with Gasteiger partial charge in [-0.15, -0.1) is 0 Å². The molecule has 0 bridgehead atoms. The number of fused-ring (bicyclic) bond motifs is 1. The maximum Gasteiger partial charge on any atom is 0.277 e. The monoisotopic (exact) mass is 355 g/mol. The van der Waals surface area contributed by atoms with E-state index in [0.717, 1.165) is 22.2 Å². The standard InChI is InChI=1S/C19H18ClN3O2/c1-13-15(14-7-3-5-9-17(14)23(13)2)11-21-22-19(24)12-25-18-10-6-4-8-16(18)20/h3-11H,12H2,1-2H3,(H,22,24)/b21-11+. The molecule has 1 N–H and O–H groups in total. The van der Waals surface area contributed by atoms with Gasteiger partial charge in [-0.05, 0) is 25.1 Å². The first-order valence-corrected chi connectivity index (χ1v) is 8.19. The summed E-state index contributed by atoms with van der Waals surface area (Å²) < 4.78 is 7.47. The van der Waals surface area contributed by atoms with Crippen LogP contribution in [0.5, 0.6) is 5.75 Å². The molecule has 0 radical (unpaired) electrons. The number of amides is 1. The number of ether oxygens (including phenoxy) is 1. The number of hydrazone groups is 1. The fraction of sp³-hybridized carbons (Fsp3) is 0.158. The zero-order valence-corrected chi connectivity index (χ0v) is 14.7. The Balaban J connectivity index is 1.65. The molecule has 0 spiro atoms. The van der Waals surface area contributed by atoms with Gasteiger partial charge in [0.2, 0.25) is 0 Å². The quantitative estimate of drug-likeness (QED) is 0.561. The molecule has 5 nitrogen and oxygen atoms in total. The van der Waals surface area contributed by atoms with Gasteiger partial charge in [0.15, 0.2) is 6.61 Å². The number of halogens is 1. The second kappa shape index (κ2) is 7.40. The molecule has 6 heteroatoms. The van der Waals surface area contributed by atoms with Gasteiger partial charge in [-0.25, -0.2) is 5.43 Å². The minimum Gasteiger partial charge on any atom is -0.482 e. The van der Waals surface area contributed by atoms with Crippen LogP contribution < -0.4 is 10.2 Å². The predicted molar refractivity (Wildman–Crippen MR) is 100 cm³/mol. The molecule has 0 unspecified atom stereocenters. The summed E-state index contributed by atoms with van der Waals surface area (Å²) >= 11 is 5.98. The lowest BCUT2D eigenvalue weighted by Gasteiger charge is -2.06. The van der Waals surface area contributed by atoms with Gasteiger partial charge in [0, 0.05) is 29.2 Å². The number of hydrogen-bond acceptors (Lipinski definition) is 3. The summed E-state index contributed by atoms with van der Waals surface area (Å²) in [5.41, 5.74) is 5.65. The first kappa shape index (κ1) is 17.0. The molecule has 3 rings (SSSR count). The van der Waals surface area contributed by atoms with Crippen molar-refractivity contribution in [2.24, 2.45) is 12.1 Å². The lowest BCUT2D eigenvalue weighted by atomic mass is 10.1. The van der Waals surface area contributed by atoms with Gasteiger partial charge in [-0.3, -0.25) is 4.79 Å². The number of carbonyl (C=O) groups is 1. The Morgan fingerprint density at radius 2 is 1.96 bits per heavy atom. The van der Waals surface area contributed by atoms with Crippen molar-refractivity contribution in [1.29, 1.82) is 0 Å². The molecule has 1 heterocycles. The molecule has 0 saturated carbocycles. The molecule has 2 aromatic carbocycles. The molecule has 1 aromatic heterocycles. The SMILES string of the molecule is Cc1c(/C=N/NC(=O)COc2ccccc2Cl)c2ccccc2n1C. The number of aryl methyl sites for hydroxylation is 1. The number of hydrogen-bond donors (Lipinski definition) is 1. The number of benzene rings is 2. The summed E-state index contributed by atoms with van der Waals surface area (Å²) in [6.45, 7) is 1.86. The maximum atomic E-state index is 11.9. The zero-order valence-electron chi connectivity index (χ0n) is 14.0. The Morgan fingerprint density at radius 3 is 2.76 bits per heavy atom. The fourth-order valence-electron chi connectivity index (χ4n) is 2.62. The smallest absolute Gasteiger partial charge is 0.277 e. The van der Waals surface area contributed by atoms with Crippen molar-refractivity contribution in [2.45, 2.75) is 6.92 Å². The van der Waals surface area contributed by atoms with Crippen LogP contribution in [-0.2, 0) is 11.8 Å². The number of rotatable bonds is 5. The second-order valence-corrected chi connectivity index (χ2v) is 5.99. The summed E-state index contributed by atoms with van der Waals surface area (Å²) in [5.74, 6) is 0.113. The fourth-order valence-corrected chi connectivity index (χ4v) is 2.81. The van der Waals surface area contributed by atoms with E-state index in [1.807, 2.05) is 32.2 Å². The molecule has 0 atom stereocenters. The first-order chi connectivity index (χ1) is 12.1. The summed E-state index contributed by atoms with van der Waals surface area (Å²) in [7, 11) is 2.00. The lowest BCUT2D eigenvalue weighted by Crippen LogP contribution is -2.24. The van der Waals surface area contributed by atoms with Crippen molar-refractivity contribution >= 4 is 34.6 Å². The Bertz CT molecular complexity index is 947. The average Bonchev–Trinajstić information content (AvgIpc) is 2.86. The van der Waals surface area contributed by atoms with Crippen LogP contribution >= 0.6 is 11.6 Å². The Kier molecular flexibility index (Phi) is 5.05. The summed E-state index contributed by atoms with van der Waals surface area (Å²) in [5, 5.41) is 5.60. The second-order valence-electron chi connectivity index (χ2n) is 5.59. The van der Waals surface area contributed by atoms with Crippen LogP contribution in [0.25, 0.3) is 10.9 Å². The molecular weight excluding hydrogens is 338 g/mol. The van der Waals surface area contributed by atoms with Crippen molar-refractivity contribution in [3.05, 3.63) is 64.8 Å². The number of nitrogens with one attached hydrogen (secondary N) is 1. The molecule has 3 aromatic rings. The normalized spacial score (nSPS) is 11.2. The Morgan fingerprint density at radius 1 is 1.24 bits per heavy atom. The summed E-state index contributed by atoms with van der Waals surface area (Å²) in [6.07, 6.45) is 1.66. The van der Waals surface area contributed by atoms with Crippen LogP contribution in [0.15, 0.2) is 53.6 Å². The van der Waals surface area contributed by atoms with Crippen LogP contribution in [0.4, 0.5) is 0 Å². The van der Waals surface area contributed by atoms with Gasteiger partial charge in [-0.2, -0.15) is 5.10 Å². The molecule has 0 aliphatic heterocycles. The molecule has 1 amide bonds. The highest BCUT2D eigenvalue weighted by atomic mass is 35.5. The average molecular weight is 356 g/mol. The zero-order chi connectivity index (χ0) is 17.8. The van der Waals surface area contributed by atoms with Crippen molar-refractivity contribution in [2.75, 3.05) is 6.61 Å². The van der Waals surface area contributed by atoms with E-state index >= 15 is 0 Å². The Labute approximate surface area is 150 Å². The van der Waals surface area contributed by atoms with E-state index < -0.39 is 0 Å². The first-order valence-electron chi connectivity index (χ1n) is 7.81. The van der Waals surface area contributed by atoms with Gasteiger partial charge in [0.05, 0.1) is 11.2 Å². The van der Waals surface area contributed by atoms with E-state index in [1.165, 1.54) is 0 Å². The largest absolute Gasteiger partial charge is 0.482 e. The number of aromatic nitrogens is 1. The van der Waals surface area contributed by atoms with Gasteiger partial charge in [-0.1, -0.05) is 41.9 Å². The van der Waals surface area contributed by atoms with Gasteiger partial charge in [0.25, 0.3) is 5.91 Å². The van der Waals surface area contributed by atoms with Gasteiger partial charge in [0.1, 0.15) is 5.75 Å². The van der Waals surface area contributed by atoms with Crippen LogP contribution in [0, 0.1) is 6.92 Å². The van der Waals surface area contributed by atoms with Gasteiger partial charge < -0.3 is 9.30 Å².